The Labute approximate surface area is 142 Å². The van der Waals surface area contributed by atoms with Crippen molar-refractivity contribution in [3.05, 3.63) is 24.3 Å². The van der Waals surface area contributed by atoms with Crippen LogP contribution in [0.25, 0.3) is 0 Å². The minimum atomic E-state index is -3.57. The van der Waals surface area contributed by atoms with Crippen molar-refractivity contribution < 1.29 is 22.7 Å². The average molecular weight is 357 g/mol. The fourth-order valence-corrected chi connectivity index (χ4v) is 2.93. The van der Waals surface area contributed by atoms with Gasteiger partial charge in [0.25, 0.3) is 0 Å². The molecule has 0 heterocycles. The number of amides is 2. The highest BCUT2D eigenvalue weighted by Crippen LogP contribution is 2.22. The minimum absolute atomic E-state index is 0.00116. The second kappa shape index (κ2) is 9.24. The third kappa shape index (κ3) is 6.97. The fraction of sp³-hybridized carbons (Fsp3) is 0.467. The van der Waals surface area contributed by atoms with E-state index in [4.69, 9.17) is 4.74 Å². The van der Waals surface area contributed by atoms with Gasteiger partial charge in [-0.1, -0.05) is 6.07 Å². The third-order valence-electron chi connectivity index (χ3n) is 3.03. The summed E-state index contributed by atoms with van der Waals surface area (Å²) in [5.41, 5.74) is 0.867. The lowest BCUT2D eigenvalue weighted by Crippen LogP contribution is -2.35. The topological polar surface area (TPSA) is 105 Å². The van der Waals surface area contributed by atoms with Crippen molar-refractivity contribution in [1.29, 1.82) is 0 Å². The molecule has 0 saturated heterocycles. The van der Waals surface area contributed by atoms with E-state index in [0.29, 0.717) is 24.5 Å². The first kappa shape index (κ1) is 19.9. The number of nitrogens with one attached hydrogen (secondary N) is 2. The highest BCUT2D eigenvalue weighted by Gasteiger charge is 2.19. The van der Waals surface area contributed by atoms with E-state index in [1.807, 2.05) is 0 Å². The zero-order chi connectivity index (χ0) is 18.2. The quantitative estimate of drug-likeness (QED) is 0.629. The number of carbonyl (C=O) groups is 2. The lowest BCUT2D eigenvalue weighted by atomic mass is 10.2. The average Bonchev–Trinajstić information content (AvgIpc) is 2.46. The first-order chi connectivity index (χ1) is 11.2. The van der Waals surface area contributed by atoms with Crippen LogP contribution in [-0.2, 0) is 24.3 Å². The normalized spacial score (nSPS) is 11.0. The zero-order valence-corrected chi connectivity index (χ0v) is 14.9. The number of hydrogen-bond donors (Lipinski definition) is 2. The van der Waals surface area contributed by atoms with Crippen LogP contribution >= 0.6 is 0 Å². The van der Waals surface area contributed by atoms with Gasteiger partial charge in [-0.2, -0.15) is 0 Å². The summed E-state index contributed by atoms with van der Waals surface area (Å²) in [6.45, 7) is 2.12. The molecular weight excluding hydrogens is 334 g/mol. The molecule has 24 heavy (non-hydrogen) atoms. The van der Waals surface area contributed by atoms with Crippen molar-refractivity contribution >= 4 is 33.2 Å². The van der Waals surface area contributed by atoms with E-state index in [0.717, 1.165) is 10.6 Å². The maximum absolute atomic E-state index is 12.0. The predicted octanol–water partition coefficient (Wildman–Crippen LogP) is 0.564. The van der Waals surface area contributed by atoms with Gasteiger partial charge in [0.05, 0.1) is 18.6 Å². The molecule has 2 amide bonds. The minimum Gasteiger partial charge on any atom is -0.383 e. The number of sulfonamides is 1. The molecular formula is C15H23N3O5S. The molecule has 1 rings (SSSR count). The van der Waals surface area contributed by atoms with Gasteiger partial charge >= 0.3 is 0 Å². The van der Waals surface area contributed by atoms with Gasteiger partial charge < -0.3 is 15.4 Å². The Morgan fingerprint density at radius 2 is 2.00 bits per heavy atom. The maximum atomic E-state index is 12.0. The Bertz CT molecular complexity index is 675. The monoisotopic (exact) mass is 357 g/mol. The molecule has 0 unspecified atom stereocenters. The summed E-state index contributed by atoms with van der Waals surface area (Å²) in [4.78, 5) is 22.9. The molecule has 0 aliphatic carbocycles. The number of rotatable bonds is 9. The molecule has 1 aromatic rings. The van der Waals surface area contributed by atoms with E-state index >= 15 is 0 Å². The largest absolute Gasteiger partial charge is 0.383 e. The summed E-state index contributed by atoms with van der Waals surface area (Å²) in [7, 11) is -2.04. The Hall–Kier alpha value is -2.13. The number of benzene rings is 1. The van der Waals surface area contributed by atoms with Crippen molar-refractivity contribution in [2.75, 3.05) is 42.7 Å². The van der Waals surface area contributed by atoms with Gasteiger partial charge in [0.1, 0.15) is 0 Å². The Morgan fingerprint density at radius 1 is 1.29 bits per heavy atom. The summed E-state index contributed by atoms with van der Waals surface area (Å²) in [5, 5.41) is 5.23. The number of methoxy groups -OCH3 is 1. The molecule has 2 N–H and O–H groups in total. The van der Waals surface area contributed by atoms with E-state index in [2.05, 4.69) is 10.6 Å². The van der Waals surface area contributed by atoms with Gasteiger partial charge in [0.15, 0.2) is 0 Å². The highest BCUT2D eigenvalue weighted by molar-refractivity contribution is 7.92. The molecule has 0 saturated carbocycles. The van der Waals surface area contributed by atoms with Crippen LogP contribution in [0.3, 0.4) is 0 Å². The van der Waals surface area contributed by atoms with Crippen LogP contribution in [0.2, 0.25) is 0 Å². The molecule has 1 aromatic carbocycles. The first-order valence-corrected chi connectivity index (χ1v) is 9.20. The van der Waals surface area contributed by atoms with E-state index in [1.165, 1.54) is 14.0 Å². The molecule has 0 aliphatic rings. The molecule has 0 spiro atoms. The first-order valence-electron chi connectivity index (χ1n) is 7.35. The zero-order valence-electron chi connectivity index (χ0n) is 14.0. The van der Waals surface area contributed by atoms with Crippen molar-refractivity contribution in [1.82, 2.24) is 5.32 Å². The Balaban J connectivity index is 2.83. The molecule has 0 radical (unpaired) electrons. The van der Waals surface area contributed by atoms with Crippen molar-refractivity contribution in [2.45, 2.75) is 13.3 Å². The second-order valence-corrected chi connectivity index (χ2v) is 7.07. The molecule has 0 aromatic heterocycles. The summed E-state index contributed by atoms with van der Waals surface area (Å²) in [6, 6.07) is 6.45. The summed E-state index contributed by atoms with van der Waals surface area (Å²) < 4.78 is 30.0. The number of hydrogen-bond acceptors (Lipinski definition) is 5. The maximum Gasteiger partial charge on any atom is 0.232 e. The van der Waals surface area contributed by atoms with Crippen LogP contribution in [0.15, 0.2) is 24.3 Å². The van der Waals surface area contributed by atoms with E-state index in [9.17, 15) is 18.0 Å². The van der Waals surface area contributed by atoms with Gasteiger partial charge in [-0.15, -0.1) is 0 Å². The van der Waals surface area contributed by atoms with E-state index in [-0.39, 0.29) is 24.8 Å². The summed E-state index contributed by atoms with van der Waals surface area (Å²) >= 11 is 0. The van der Waals surface area contributed by atoms with Gasteiger partial charge in [0, 0.05) is 39.2 Å². The van der Waals surface area contributed by atoms with Crippen LogP contribution in [-0.4, -0.2) is 53.3 Å². The van der Waals surface area contributed by atoms with Gasteiger partial charge in [-0.05, 0) is 18.2 Å². The standard InChI is InChI=1S/C15H23N3O5S/c1-12(19)17-13-5-4-6-14(11-13)18(24(3,21)22)9-7-15(20)16-8-10-23-2/h4-6,11H,7-10H2,1-3H3,(H,16,20)(H,17,19). The van der Waals surface area contributed by atoms with Crippen LogP contribution in [0.5, 0.6) is 0 Å². The highest BCUT2D eigenvalue weighted by atomic mass is 32.2. The summed E-state index contributed by atoms with van der Waals surface area (Å²) in [6.07, 6.45) is 1.09. The number of carbonyl (C=O) groups excluding carboxylic acids is 2. The molecule has 0 fully saturated rings. The SMILES string of the molecule is COCCNC(=O)CCN(c1cccc(NC(C)=O)c1)S(C)(=O)=O. The second-order valence-electron chi connectivity index (χ2n) is 5.16. The van der Waals surface area contributed by atoms with Crippen LogP contribution in [0, 0.1) is 0 Å². The molecule has 0 bridgehead atoms. The number of nitrogens with zero attached hydrogens (tertiary/aromatic N) is 1. The number of anilines is 2. The lowest BCUT2D eigenvalue weighted by molar-refractivity contribution is -0.121. The molecule has 8 nitrogen and oxygen atoms in total. The van der Waals surface area contributed by atoms with E-state index in [1.54, 1.807) is 24.3 Å². The Morgan fingerprint density at radius 3 is 2.58 bits per heavy atom. The lowest BCUT2D eigenvalue weighted by Gasteiger charge is -2.22. The van der Waals surface area contributed by atoms with Crippen molar-refractivity contribution in [3.63, 3.8) is 0 Å². The van der Waals surface area contributed by atoms with Crippen LogP contribution < -0.4 is 14.9 Å². The number of ether oxygens (including phenoxy) is 1. The van der Waals surface area contributed by atoms with Crippen LogP contribution in [0.1, 0.15) is 13.3 Å². The molecule has 0 atom stereocenters. The summed E-state index contributed by atoms with van der Waals surface area (Å²) in [5.74, 6) is -0.519. The van der Waals surface area contributed by atoms with Crippen molar-refractivity contribution in [2.24, 2.45) is 0 Å². The molecule has 134 valence electrons. The van der Waals surface area contributed by atoms with E-state index < -0.39 is 10.0 Å². The predicted molar refractivity (Wildman–Crippen MR) is 92.4 cm³/mol. The molecule has 9 heteroatoms. The molecule has 0 aliphatic heterocycles. The van der Waals surface area contributed by atoms with Crippen LogP contribution in [0.4, 0.5) is 11.4 Å². The van der Waals surface area contributed by atoms with Gasteiger partial charge in [-0.3, -0.25) is 13.9 Å². The van der Waals surface area contributed by atoms with Gasteiger partial charge in [0.2, 0.25) is 21.8 Å². The van der Waals surface area contributed by atoms with Gasteiger partial charge in [-0.25, -0.2) is 8.42 Å². The van der Waals surface area contributed by atoms with Crippen molar-refractivity contribution in [3.8, 4) is 0 Å². The fourth-order valence-electron chi connectivity index (χ4n) is 2.01. The third-order valence-corrected chi connectivity index (χ3v) is 4.22. The smallest absolute Gasteiger partial charge is 0.232 e. The Kier molecular flexibility index (Phi) is 7.66.